The minimum Gasteiger partial charge on any atom is -0.497 e. The van der Waals surface area contributed by atoms with Gasteiger partial charge in [0.2, 0.25) is 0 Å². The number of carbonyl (C=O) groups excluding carboxylic acids is 1. The lowest BCUT2D eigenvalue weighted by Crippen LogP contribution is -2.16. The number of benzene rings is 2. The maximum absolute atomic E-state index is 13.1. The molecule has 8 nitrogen and oxygen atoms in total. The predicted octanol–water partition coefficient (Wildman–Crippen LogP) is 4.17. The van der Waals surface area contributed by atoms with E-state index in [1.807, 2.05) is 48.7 Å². The SMILES string of the molecule is COc1ccc(OC)c(-c2cc(C(=O)Nc3cccc(-c4cnc5n4CCC5)c3)n(C)n2)c1. The van der Waals surface area contributed by atoms with E-state index in [0.717, 1.165) is 42.0 Å². The maximum Gasteiger partial charge on any atom is 0.273 e. The molecule has 5 rings (SSSR count). The lowest BCUT2D eigenvalue weighted by molar-refractivity contribution is 0.101. The lowest BCUT2D eigenvalue weighted by Gasteiger charge is -2.09. The van der Waals surface area contributed by atoms with Crippen molar-refractivity contribution in [3.63, 3.8) is 0 Å². The highest BCUT2D eigenvalue weighted by atomic mass is 16.5. The molecule has 0 fully saturated rings. The number of ether oxygens (including phenoxy) is 2. The van der Waals surface area contributed by atoms with E-state index in [9.17, 15) is 4.79 Å². The van der Waals surface area contributed by atoms with E-state index in [1.165, 1.54) is 0 Å². The summed E-state index contributed by atoms with van der Waals surface area (Å²) >= 11 is 0. The number of rotatable bonds is 6. The molecule has 168 valence electrons. The van der Waals surface area contributed by atoms with Crippen LogP contribution in [0.25, 0.3) is 22.5 Å². The molecule has 1 amide bonds. The van der Waals surface area contributed by atoms with Crippen molar-refractivity contribution in [3.05, 3.63) is 66.2 Å². The first-order chi connectivity index (χ1) is 16.1. The van der Waals surface area contributed by atoms with E-state index in [2.05, 4.69) is 20.0 Å². The summed E-state index contributed by atoms with van der Waals surface area (Å²) in [4.78, 5) is 17.6. The summed E-state index contributed by atoms with van der Waals surface area (Å²) in [5.41, 5.74) is 4.63. The number of hydrogen-bond acceptors (Lipinski definition) is 5. The Morgan fingerprint density at radius 1 is 1.09 bits per heavy atom. The minimum atomic E-state index is -0.242. The standard InChI is InChI=1S/C25H25N5O3/c1-29-21(14-20(28-29)19-13-18(32-2)9-10-23(19)33-3)25(31)27-17-7-4-6-16(12-17)22-15-26-24-8-5-11-30(22)24/h4,6-7,9-10,12-15H,5,8,11H2,1-3H3,(H,27,31). The van der Waals surface area contributed by atoms with E-state index >= 15 is 0 Å². The van der Waals surface area contributed by atoms with E-state index < -0.39 is 0 Å². The molecule has 0 bridgehead atoms. The molecular weight excluding hydrogens is 418 g/mol. The van der Waals surface area contributed by atoms with Crippen molar-refractivity contribution >= 4 is 11.6 Å². The molecule has 1 N–H and O–H groups in total. The third kappa shape index (κ3) is 3.84. The molecule has 3 heterocycles. The second-order valence-corrected chi connectivity index (χ2v) is 7.95. The maximum atomic E-state index is 13.1. The molecule has 0 atom stereocenters. The van der Waals surface area contributed by atoms with Crippen LogP contribution >= 0.6 is 0 Å². The van der Waals surface area contributed by atoms with Crippen molar-refractivity contribution < 1.29 is 14.3 Å². The van der Waals surface area contributed by atoms with Gasteiger partial charge >= 0.3 is 0 Å². The third-order valence-corrected chi connectivity index (χ3v) is 5.93. The summed E-state index contributed by atoms with van der Waals surface area (Å²) < 4.78 is 14.6. The predicted molar refractivity (Wildman–Crippen MR) is 126 cm³/mol. The van der Waals surface area contributed by atoms with E-state index in [4.69, 9.17) is 9.47 Å². The fourth-order valence-corrected chi connectivity index (χ4v) is 4.27. The largest absolute Gasteiger partial charge is 0.497 e. The van der Waals surface area contributed by atoms with Gasteiger partial charge in [-0.05, 0) is 42.8 Å². The third-order valence-electron chi connectivity index (χ3n) is 5.93. The van der Waals surface area contributed by atoms with Crippen LogP contribution in [-0.4, -0.2) is 39.5 Å². The molecular formula is C25H25N5O3. The summed E-state index contributed by atoms with van der Waals surface area (Å²) in [7, 11) is 4.96. The molecule has 33 heavy (non-hydrogen) atoms. The smallest absolute Gasteiger partial charge is 0.273 e. The van der Waals surface area contributed by atoms with Gasteiger partial charge in [-0.2, -0.15) is 5.10 Å². The molecule has 0 saturated heterocycles. The number of amides is 1. The van der Waals surface area contributed by atoms with Crippen LogP contribution < -0.4 is 14.8 Å². The van der Waals surface area contributed by atoms with Crippen molar-refractivity contribution in [1.29, 1.82) is 0 Å². The van der Waals surface area contributed by atoms with Gasteiger partial charge in [-0.15, -0.1) is 0 Å². The number of imidazole rings is 1. The van der Waals surface area contributed by atoms with Crippen LogP contribution in [0.2, 0.25) is 0 Å². The van der Waals surface area contributed by atoms with Gasteiger partial charge in [0.1, 0.15) is 23.0 Å². The fourth-order valence-electron chi connectivity index (χ4n) is 4.27. The average Bonchev–Trinajstić information content (AvgIpc) is 3.54. The Morgan fingerprint density at radius 2 is 1.97 bits per heavy atom. The normalized spacial score (nSPS) is 12.5. The highest BCUT2D eigenvalue weighted by Gasteiger charge is 2.19. The number of aromatic nitrogens is 4. The van der Waals surface area contributed by atoms with Crippen molar-refractivity contribution in [3.8, 4) is 34.0 Å². The molecule has 1 aliphatic heterocycles. The van der Waals surface area contributed by atoms with Gasteiger partial charge in [-0.3, -0.25) is 9.48 Å². The summed E-state index contributed by atoms with van der Waals surface area (Å²) in [6.45, 7) is 0.979. The van der Waals surface area contributed by atoms with Crippen LogP contribution in [0.5, 0.6) is 11.5 Å². The summed E-state index contributed by atoms with van der Waals surface area (Å²) in [6, 6.07) is 15.1. The Morgan fingerprint density at radius 3 is 2.79 bits per heavy atom. The Hall–Kier alpha value is -4.07. The summed E-state index contributed by atoms with van der Waals surface area (Å²) in [6.07, 6.45) is 4.04. The Bertz CT molecular complexity index is 1340. The quantitative estimate of drug-likeness (QED) is 0.484. The van der Waals surface area contributed by atoms with Crippen molar-refractivity contribution in [2.45, 2.75) is 19.4 Å². The Balaban J connectivity index is 1.41. The minimum absolute atomic E-state index is 0.242. The first-order valence-corrected chi connectivity index (χ1v) is 10.8. The molecule has 4 aromatic rings. The number of methoxy groups -OCH3 is 2. The van der Waals surface area contributed by atoms with Gasteiger partial charge in [0, 0.05) is 36.8 Å². The Labute approximate surface area is 191 Å². The summed E-state index contributed by atoms with van der Waals surface area (Å²) in [5, 5.41) is 7.53. The van der Waals surface area contributed by atoms with Gasteiger partial charge in [0.25, 0.3) is 5.91 Å². The zero-order valence-electron chi connectivity index (χ0n) is 18.8. The molecule has 0 spiro atoms. The number of nitrogens with one attached hydrogen (secondary N) is 1. The number of carbonyl (C=O) groups is 1. The number of hydrogen-bond donors (Lipinski definition) is 1. The van der Waals surface area contributed by atoms with Gasteiger partial charge in [-0.25, -0.2) is 4.98 Å². The molecule has 0 radical (unpaired) electrons. The van der Waals surface area contributed by atoms with Gasteiger partial charge in [-0.1, -0.05) is 12.1 Å². The highest BCUT2D eigenvalue weighted by Crippen LogP contribution is 2.33. The second-order valence-electron chi connectivity index (χ2n) is 7.95. The van der Waals surface area contributed by atoms with Gasteiger partial charge in [0.15, 0.2) is 0 Å². The first kappa shape index (κ1) is 20.8. The zero-order chi connectivity index (χ0) is 22.9. The average molecular weight is 444 g/mol. The van der Waals surface area contributed by atoms with Crippen LogP contribution in [0.3, 0.4) is 0 Å². The van der Waals surface area contributed by atoms with E-state index in [0.29, 0.717) is 28.6 Å². The van der Waals surface area contributed by atoms with Crippen molar-refractivity contribution in [2.75, 3.05) is 19.5 Å². The van der Waals surface area contributed by atoms with Gasteiger partial charge in [0.05, 0.1) is 31.8 Å². The lowest BCUT2D eigenvalue weighted by atomic mass is 10.1. The van der Waals surface area contributed by atoms with Crippen LogP contribution in [0, 0.1) is 0 Å². The molecule has 0 unspecified atom stereocenters. The van der Waals surface area contributed by atoms with Gasteiger partial charge < -0.3 is 19.4 Å². The molecule has 0 aliphatic carbocycles. The first-order valence-electron chi connectivity index (χ1n) is 10.8. The number of anilines is 1. The van der Waals surface area contributed by atoms with Crippen LogP contribution in [0.1, 0.15) is 22.7 Å². The zero-order valence-corrected chi connectivity index (χ0v) is 18.8. The second kappa shape index (κ2) is 8.46. The number of aryl methyl sites for hydroxylation is 2. The molecule has 1 aliphatic rings. The van der Waals surface area contributed by atoms with Crippen LogP contribution in [0.4, 0.5) is 5.69 Å². The number of fused-ring (bicyclic) bond motifs is 1. The molecule has 0 saturated carbocycles. The Kier molecular flexibility index (Phi) is 5.34. The monoisotopic (exact) mass is 443 g/mol. The molecule has 2 aromatic heterocycles. The fraction of sp³-hybridized carbons (Fsp3) is 0.240. The topological polar surface area (TPSA) is 83.2 Å². The van der Waals surface area contributed by atoms with Crippen LogP contribution in [0.15, 0.2) is 54.7 Å². The van der Waals surface area contributed by atoms with Crippen molar-refractivity contribution in [2.24, 2.45) is 7.05 Å². The summed E-state index contributed by atoms with van der Waals surface area (Å²) in [5.74, 6) is 2.22. The van der Waals surface area contributed by atoms with Crippen LogP contribution in [-0.2, 0) is 20.0 Å². The molecule has 2 aromatic carbocycles. The molecule has 8 heteroatoms. The van der Waals surface area contributed by atoms with E-state index in [1.54, 1.807) is 32.0 Å². The van der Waals surface area contributed by atoms with Crippen molar-refractivity contribution in [1.82, 2.24) is 19.3 Å². The highest BCUT2D eigenvalue weighted by molar-refractivity contribution is 6.04. The van der Waals surface area contributed by atoms with E-state index in [-0.39, 0.29) is 5.91 Å². The number of nitrogens with zero attached hydrogens (tertiary/aromatic N) is 4.